The number of halogens is 1. The van der Waals surface area contributed by atoms with Gasteiger partial charge in [0.2, 0.25) is 0 Å². The molecule has 6 nitrogen and oxygen atoms in total. The summed E-state index contributed by atoms with van der Waals surface area (Å²) in [6.07, 6.45) is 3.30. The molecular weight excluding hydrogens is 459 g/mol. The Hall–Kier alpha value is -3.04. The molecule has 33 heavy (non-hydrogen) atoms. The maximum Gasteiger partial charge on any atom is 0.267 e. The van der Waals surface area contributed by atoms with Gasteiger partial charge in [0.05, 0.1) is 17.0 Å². The average molecular weight is 483 g/mol. The number of anilines is 1. The SMILES string of the molecule is Cc1ccc2nc(NCC(C)C)c(/C=C3/SC(=S)N(Cc4ccc(F)cc4)C3=O)c(=O)n2c1. The number of carbonyl (C=O) groups excluding carboxylic acids is 1. The summed E-state index contributed by atoms with van der Waals surface area (Å²) in [5.74, 6) is 0.134. The van der Waals surface area contributed by atoms with E-state index in [0.717, 1.165) is 22.9 Å². The van der Waals surface area contributed by atoms with Gasteiger partial charge in [0, 0.05) is 12.7 Å². The van der Waals surface area contributed by atoms with Crippen LogP contribution in [-0.4, -0.2) is 31.1 Å². The number of nitrogens with zero attached hydrogens (tertiary/aromatic N) is 3. The van der Waals surface area contributed by atoms with Gasteiger partial charge in [-0.25, -0.2) is 9.37 Å². The normalized spacial score (nSPS) is 15.3. The standard InChI is InChI=1S/C24H23FN4O2S2/c1-14(2)11-26-21-18(22(30)28-12-15(3)4-9-20(28)27-21)10-19-23(31)29(24(32)33-19)13-16-5-7-17(25)8-6-16/h4-10,12,14,26H,11,13H2,1-3H3/b19-10+. The minimum atomic E-state index is -0.343. The molecule has 1 aromatic carbocycles. The molecule has 0 unspecified atom stereocenters. The van der Waals surface area contributed by atoms with Crippen molar-refractivity contribution in [1.29, 1.82) is 0 Å². The van der Waals surface area contributed by atoms with Crippen molar-refractivity contribution in [1.82, 2.24) is 14.3 Å². The Bertz CT molecular complexity index is 1330. The molecule has 3 heterocycles. The topological polar surface area (TPSA) is 66.7 Å². The zero-order valence-electron chi connectivity index (χ0n) is 18.5. The van der Waals surface area contributed by atoms with E-state index in [1.165, 1.54) is 21.4 Å². The third-order valence-corrected chi connectivity index (χ3v) is 6.46. The molecule has 0 radical (unpaired) electrons. The highest BCUT2D eigenvalue weighted by Crippen LogP contribution is 2.34. The van der Waals surface area contributed by atoms with E-state index >= 15 is 0 Å². The summed E-state index contributed by atoms with van der Waals surface area (Å²) < 4.78 is 15.1. The summed E-state index contributed by atoms with van der Waals surface area (Å²) in [5.41, 5.74) is 2.25. The summed E-state index contributed by atoms with van der Waals surface area (Å²) in [7, 11) is 0. The van der Waals surface area contributed by atoms with Crippen LogP contribution in [0.4, 0.5) is 10.2 Å². The van der Waals surface area contributed by atoms with Gasteiger partial charge in [0.25, 0.3) is 11.5 Å². The maximum absolute atomic E-state index is 13.4. The second-order valence-corrected chi connectivity index (χ2v) is 9.96. The monoisotopic (exact) mass is 482 g/mol. The fourth-order valence-electron chi connectivity index (χ4n) is 3.36. The van der Waals surface area contributed by atoms with Gasteiger partial charge in [-0.3, -0.25) is 18.9 Å². The molecule has 170 valence electrons. The van der Waals surface area contributed by atoms with Gasteiger partial charge in [0.15, 0.2) is 0 Å². The molecule has 1 aliphatic rings. The van der Waals surface area contributed by atoms with Crippen LogP contribution in [0.3, 0.4) is 0 Å². The number of carbonyl (C=O) groups is 1. The van der Waals surface area contributed by atoms with E-state index in [9.17, 15) is 14.0 Å². The predicted octanol–water partition coefficient (Wildman–Crippen LogP) is 4.61. The highest BCUT2D eigenvalue weighted by Gasteiger charge is 2.32. The summed E-state index contributed by atoms with van der Waals surface area (Å²) in [5, 5.41) is 3.25. The van der Waals surface area contributed by atoms with Crippen LogP contribution in [-0.2, 0) is 11.3 Å². The minimum Gasteiger partial charge on any atom is -0.369 e. The molecule has 0 aliphatic carbocycles. The lowest BCUT2D eigenvalue weighted by Crippen LogP contribution is -2.27. The highest BCUT2D eigenvalue weighted by atomic mass is 32.2. The quantitative estimate of drug-likeness (QED) is 0.409. The highest BCUT2D eigenvalue weighted by molar-refractivity contribution is 8.26. The Morgan fingerprint density at radius 3 is 2.61 bits per heavy atom. The van der Waals surface area contributed by atoms with Crippen LogP contribution < -0.4 is 10.9 Å². The number of nitrogens with one attached hydrogen (secondary N) is 1. The Morgan fingerprint density at radius 1 is 1.18 bits per heavy atom. The molecule has 4 rings (SSSR count). The molecule has 1 aliphatic heterocycles. The lowest BCUT2D eigenvalue weighted by Gasteiger charge is -2.14. The molecule has 0 atom stereocenters. The van der Waals surface area contributed by atoms with Crippen LogP contribution in [0.25, 0.3) is 11.7 Å². The number of benzene rings is 1. The molecule has 1 fully saturated rings. The predicted molar refractivity (Wildman–Crippen MR) is 135 cm³/mol. The summed E-state index contributed by atoms with van der Waals surface area (Å²) in [6.45, 7) is 6.88. The van der Waals surface area contributed by atoms with Gasteiger partial charge in [0.1, 0.15) is 21.6 Å². The van der Waals surface area contributed by atoms with E-state index in [2.05, 4.69) is 24.1 Å². The fourth-order valence-corrected chi connectivity index (χ4v) is 4.60. The molecule has 2 aromatic heterocycles. The van der Waals surface area contributed by atoms with Crippen molar-refractivity contribution in [3.63, 3.8) is 0 Å². The van der Waals surface area contributed by atoms with Gasteiger partial charge in [-0.05, 0) is 48.2 Å². The largest absolute Gasteiger partial charge is 0.369 e. The maximum atomic E-state index is 13.4. The number of aromatic nitrogens is 2. The number of rotatable bonds is 6. The minimum absolute atomic E-state index is 0.231. The van der Waals surface area contributed by atoms with E-state index in [1.807, 2.05) is 13.0 Å². The van der Waals surface area contributed by atoms with Crippen LogP contribution >= 0.6 is 24.0 Å². The van der Waals surface area contributed by atoms with Gasteiger partial charge < -0.3 is 5.32 Å². The molecule has 0 spiro atoms. The number of aryl methyl sites for hydroxylation is 1. The first kappa shape index (κ1) is 23.1. The van der Waals surface area contributed by atoms with Crippen LogP contribution in [0.5, 0.6) is 0 Å². The summed E-state index contributed by atoms with van der Waals surface area (Å²) in [6, 6.07) is 9.62. The van der Waals surface area contributed by atoms with E-state index in [0.29, 0.717) is 38.7 Å². The number of fused-ring (bicyclic) bond motifs is 1. The number of thiocarbonyl (C=S) groups is 1. The third kappa shape index (κ3) is 4.99. The Kier molecular flexibility index (Phi) is 6.62. The van der Waals surface area contributed by atoms with Crippen LogP contribution in [0.2, 0.25) is 0 Å². The Balaban J connectivity index is 1.73. The van der Waals surface area contributed by atoms with E-state index < -0.39 is 0 Å². The number of hydrogen-bond acceptors (Lipinski definition) is 6. The molecule has 0 bridgehead atoms. The van der Waals surface area contributed by atoms with E-state index in [-0.39, 0.29) is 23.8 Å². The zero-order chi connectivity index (χ0) is 23.7. The second-order valence-electron chi connectivity index (χ2n) is 8.28. The van der Waals surface area contributed by atoms with Crippen LogP contribution in [0.15, 0.2) is 52.3 Å². The first-order valence-corrected chi connectivity index (χ1v) is 11.7. The molecule has 1 amide bonds. The average Bonchev–Trinajstić information content (AvgIpc) is 3.03. The molecule has 9 heteroatoms. The van der Waals surface area contributed by atoms with Crippen molar-refractivity contribution in [2.75, 3.05) is 11.9 Å². The van der Waals surface area contributed by atoms with E-state index in [1.54, 1.807) is 30.5 Å². The lowest BCUT2D eigenvalue weighted by molar-refractivity contribution is -0.122. The molecule has 1 saturated heterocycles. The summed E-state index contributed by atoms with van der Waals surface area (Å²) >= 11 is 6.56. The van der Waals surface area contributed by atoms with Gasteiger partial charge in [-0.1, -0.05) is 56.0 Å². The first-order valence-electron chi connectivity index (χ1n) is 10.5. The van der Waals surface area contributed by atoms with Crippen molar-refractivity contribution in [3.8, 4) is 0 Å². The van der Waals surface area contributed by atoms with Crippen molar-refractivity contribution >= 4 is 51.7 Å². The van der Waals surface area contributed by atoms with E-state index in [4.69, 9.17) is 12.2 Å². The molecule has 3 aromatic rings. The first-order chi connectivity index (χ1) is 15.7. The van der Waals surface area contributed by atoms with Gasteiger partial charge >= 0.3 is 0 Å². The number of thioether (sulfide) groups is 1. The zero-order valence-corrected chi connectivity index (χ0v) is 20.1. The molecule has 1 N–H and O–H groups in total. The number of pyridine rings is 1. The van der Waals surface area contributed by atoms with Crippen molar-refractivity contribution in [3.05, 3.63) is 80.4 Å². The van der Waals surface area contributed by atoms with Crippen molar-refractivity contribution in [2.45, 2.75) is 27.3 Å². The Morgan fingerprint density at radius 2 is 1.91 bits per heavy atom. The number of amides is 1. The fraction of sp³-hybridized carbons (Fsp3) is 0.250. The van der Waals surface area contributed by atoms with Crippen molar-refractivity contribution in [2.24, 2.45) is 5.92 Å². The Labute approximate surface area is 200 Å². The van der Waals surface area contributed by atoms with Gasteiger partial charge in [-0.2, -0.15) is 0 Å². The molecular formula is C24H23FN4O2S2. The van der Waals surface area contributed by atoms with Crippen molar-refractivity contribution < 1.29 is 9.18 Å². The van der Waals surface area contributed by atoms with Crippen LogP contribution in [0, 0.1) is 18.7 Å². The second kappa shape index (κ2) is 9.44. The summed E-state index contributed by atoms with van der Waals surface area (Å²) in [4.78, 5) is 32.9. The van der Waals surface area contributed by atoms with Crippen LogP contribution in [0.1, 0.15) is 30.5 Å². The lowest BCUT2D eigenvalue weighted by atomic mass is 10.2. The third-order valence-electron chi connectivity index (χ3n) is 5.09. The smallest absolute Gasteiger partial charge is 0.267 e. The molecule has 0 saturated carbocycles. The van der Waals surface area contributed by atoms with Gasteiger partial charge in [-0.15, -0.1) is 0 Å². The number of hydrogen-bond donors (Lipinski definition) is 1.